The Balaban J connectivity index is 0.00000400. The number of ether oxygens (including phenoxy) is 1. The predicted octanol–water partition coefficient (Wildman–Crippen LogP) is 2.41. The minimum atomic E-state index is 0. The third-order valence-electron chi connectivity index (χ3n) is 2.44. The van der Waals surface area contributed by atoms with Crippen LogP contribution < -0.4 is 10.6 Å². The first-order valence-corrected chi connectivity index (χ1v) is 7.21. The summed E-state index contributed by atoms with van der Waals surface area (Å²) in [5.74, 6) is 1.38. The monoisotopic (exact) mass is 410 g/mol. The molecule has 1 aromatic rings. The normalized spacial score (nSPS) is 11.3. The number of nitrogens with zero attached hydrogens (tertiary/aromatic N) is 2. The van der Waals surface area contributed by atoms with E-state index in [0.717, 1.165) is 44.4 Å². The number of hydrogen-bond donors (Lipinski definition) is 2. The molecule has 0 bridgehead atoms. The summed E-state index contributed by atoms with van der Waals surface area (Å²) in [6.45, 7) is 10.1. The van der Waals surface area contributed by atoms with E-state index in [2.05, 4.69) is 34.6 Å². The average molecular weight is 410 g/mol. The van der Waals surface area contributed by atoms with E-state index < -0.39 is 0 Å². The molecule has 1 rings (SSSR count). The topological polar surface area (TPSA) is 71.7 Å². The van der Waals surface area contributed by atoms with Crippen LogP contribution in [-0.2, 0) is 11.3 Å². The highest BCUT2D eigenvalue weighted by Crippen LogP contribution is 1.96. The molecule has 21 heavy (non-hydrogen) atoms. The summed E-state index contributed by atoms with van der Waals surface area (Å²) in [4.78, 5) is 4.43. The van der Waals surface area contributed by atoms with Crippen LogP contribution in [0.5, 0.6) is 0 Å². The first-order chi connectivity index (χ1) is 9.72. The van der Waals surface area contributed by atoms with Crippen molar-refractivity contribution in [1.29, 1.82) is 0 Å². The van der Waals surface area contributed by atoms with Gasteiger partial charge in [-0.3, -0.25) is 0 Å². The second kappa shape index (κ2) is 12.9. The number of aromatic nitrogens is 1. The lowest BCUT2D eigenvalue weighted by Crippen LogP contribution is -2.38. The second-order valence-corrected chi connectivity index (χ2v) is 4.94. The fraction of sp³-hybridized carbons (Fsp3) is 0.714. The van der Waals surface area contributed by atoms with Gasteiger partial charge in [0.05, 0.1) is 6.54 Å². The molecule has 6 nitrogen and oxygen atoms in total. The summed E-state index contributed by atoms with van der Waals surface area (Å²) in [7, 11) is 0. The number of halogens is 1. The summed E-state index contributed by atoms with van der Waals surface area (Å²) in [5, 5.41) is 10.3. The quantitative estimate of drug-likeness (QED) is 0.283. The van der Waals surface area contributed by atoms with E-state index in [1.54, 1.807) is 6.26 Å². The van der Waals surface area contributed by atoms with Crippen molar-refractivity contribution in [3.8, 4) is 0 Å². The molecular weight excluding hydrogens is 383 g/mol. The van der Waals surface area contributed by atoms with E-state index in [-0.39, 0.29) is 24.0 Å². The van der Waals surface area contributed by atoms with Gasteiger partial charge in [0, 0.05) is 32.4 Å². The van der Waals surface area contributed by atoms with Crippen LogP contribution in [0.2, 0.25) is 0 Å². The van der Waals surface area contributed by atoms with E-state index in [0.29, 0.717) is 12.5 Å². The van der Waals surface area contributed by atoms with Crippen LogP contribution in [0.25, 0.3) is 0 Å². The van der Waals surface area contributed by atoms with Gasteiger partial charge in [-0.25, -0.2) is 4.99 Å². The van der Waals surface area contributed by atoms with Crippen LogP contribution in [0.15, 0.2) is 21.8 Å². The Kier molecular flexibility index (Phi) is 12.4. The maximum atomic E-state index is 5.53. The highest BCUT2D eigenvalue weighted by molar-refractivity contribution is 14.0. The third-order valence-corrected chi connectivity index (χ3v) is 2.44. The minimum Gasteiger partial charge on any atom is -0.381 e. The van der Waals surface area contributed by atoms with Crippen molar-refractivity contribution >= 4 is 29.9 Å². The lowest BCUT2D eigenvalue weighted by atomic mass is 10.2. The number of aliphatic imine (C=N–C) groups is 1. The molecule has 0 fully saturated rings. The lowest BCUT2D eigenvalue weighted by molar-refractivity contribution is 0.108. The first kappa shape index (κ1) is 20.2. The van der Waals surface area contributed by atoms with Gasteiger partial charge in [-0.2, -0.15) is 0 Å². The fourth-order valence-corrected chi connectivity index (χ4v) is 1.52. The Morgan fingerprint density at radius 2 is 2.24 bits per heavy atom. The first-order valence-electron chi connectivity index (χ1n) is 7.21. The Morgan fingerprint density at radius 1 is 1.43 bits per heavy atom. The van der Waals surface area contributed by atoms with Crippen LogP contribution in [0.1, 0.15) is 32.9 Å². The highest BCUT2D eigenvalue weighted by Gasteiger charge is 1.99. The van der Waals surface area contributed by atoms with Gasteiger partial charge in [-0.15, -0.1) is 24.0 Å². The number of guanidine groups is 1. The molecule has 0 aliphatic rings. The molecule has 1 aromatic heterocycles. The van der Waals surface area contributed by atoms with Crippen molar-refractivity contribution in [2.75, 3.05) is 26.3 Å². The molecule has 0 spiro atoms. The van der Waals surface area contributed by atoms with Crippen LogP contribution in [0.4, 0.5) is 0 Å². The molecule has 0 aliphatic carbocycles. The van der Waals surface area contributed by atoms with E-state index in [9.17, 15) is 0 Å². The van der Waals surface area contributed by atoms with Crippen molar-refractivity contribution < 1.29 is 9.26 Å². The summed E-state index contributed by atoms with van der Waals surface area (Å²) in [5.41, 5.74) is 0.822. The maximum absolute atomic E-state index is 5.53. The molecule has 1 heterocycles. The van der Waals surface area contributed by atoms with Gasteiger partial charge in [0.1, 0.15) is 12.0 Å². The minimum absolute atomic E-state index is 0. The largest absolute Gasteiger partial charge is 0.381 e. The van der Waals surface area contributed by atoms with E-state index in [1.807, 2.05) is 13.0 Å². The molecule has 0 aliphatic heterocycles. The van der Waals surface area contributed by atoms with Gasteiger partial charge in [0.25, 0.3) is 0 Å². The van der Waals surface area contributed by atoms with Crippen LogP contribution in [-0.4, -0.2) is 37.4 Å². The summed E-state index contributed by atoms with van der Waals surface area (Å²) < 4.78 is 10.3. The molecular formula is C14H27IN4O2. The Morgan fingerprint density at radius 3 is 2.86 bits per heavy atom. The van der Waals surface area contributed by atoms with Crippen molar-refractivity contribution in [2.45, 2.75) is 33.7 Å². The Hall–Kier alpha value is -0.830. The van der Waals surface area contributed by atoms with Crippen molar-refractivity contribution in [1.82, 2.24) is 15.8 Å². The van der Waals surface area contributed by atoms with Crippen molar-refractivity contribution in [3.63, 3.8) is 0 Å². The summed E-state index contributed by atoms with van der Waals surface area (Å²) >= 11 is 0. The van der Waals surface area contributed by atoms with Gasteiger partial charge in [-0.05, 0) is 19.3 Å². The van der Waals surface area contributed by atoms with Gasteiger partial charge < -0.3 is 19.9 Å². The van der Waals surface area contributed by atoms with Gasteiger partial charge in [0.15, 0.2) is 5.96 Å². The standard InChI is InChI=1S/C14H26N4O2.HI/c1-4-15-14(17-10-13-6-9-20-18-13)16-7-5-8-19-11-12(2)3;/h6,9,12H,4-5,7-8,10-11H2,1-3H3,(H2,15,16,17);1H. The molecule has 0 amide bonds. The van der Waals surface area contributed by atoms with Crippen molar-refractivity contribution in [2.24, 2.45) is 10.9 Å². The van der Waals surface area contributed by atoms with E-state index in [1.165, 1.54) is 0 Å². The van der Waals surface area contributed by atoms with Gasteiger partial charge in [0.2, 0.25) is 0 Å². The summed E-state index contributed by atoms with van der Waals surface area (Å²) in [6.07, 6.45) is 2.51. The maximum Gasteiger partial charge on any atom is 0.191 e. The molecule has 2 N–H and O–H groups in total. The zero-order valence-corrected chi connectivity index (χ0v) is 15.4. The molecule has 0 saturated heterocycles. The number of rotatable bonds is 9. The van der Waals surface area contributed by atoms with Crippen LogP contribution >= 0.6 is 24.0 Å². The SMILES string of the molecule is CCNC(=NCc1ccon1)NCCCOCC(C)C.I. The molecule has 0 atom stereocenters. The third kappa shape index (κ3) is 10.5. The smallest absolute Gasteiger partial charge is 0.191 e. The van der Waals surface area contributed by atoms with Gasteiger partial charge >= 0.3 is 0 Å². The molecule has 7 heteroatoms. The molecule has 0 unspecified atom stereocenters. The number of nitrogens with one attached hydrogen (secondary N) is 2. The predicted molar refractivity (Wildman–Crippen MR) is 95.0 cm³/mol. The van der Waals surface area contributed by atoms with Crippen molar-refractivity contribution in [3.05, 3.63) is 18.0 Å². The van der Waals surface area contributed by atoms with E-state index in [4.69, 9.17) is 9.26 Å². The lowest BCUT2D eigenvalue weighted by Gasteiger charge is -2.11. The Bertz CT molecular complexity index is 369. The second-order valence-electron chi connectivity index (χ2n) is 4.94. The molecule has 0 aromatic carbocycles. The fourth-order valence-electron chi connectivity index (χ4n) is 1.52. The van der Waals surface area contributed by atoms with Crippen LogP contribution in [0.3, 0.4) is 0 Å². The zero-order valence-electron chi connectivity index (χ0n) is 13.1. The average Bonchev–Trinajstić information content (AvgIpc) is 2.92. The summed E-state index contributed by atoms with van der Waals surface area (Å²) in [6, 6.07) is 1.81. The highest BCUT2D eigenvalue weighted by atomic mass is 127. The van der Waals surface area contributed by atoms with E-state index >= 15 is 0 Å². The van der Waals surface area contributed by atoms with Crippen LogP contribution in [0, 0.1) is 5.92 Å². The molecule has 0 saturated carbocycles. The Labute approximate surface area is 144 Å². The van der Waals surface area contributed by atoms with Gasteiger partial charge in [-0.1, -0.05) is 19.0 Å². The molecule has 0 radical (unpaired) electrons. The number of hydrogen-bond acceptors (Lipinski definition) is 4. The molecule has 122 valence electrons. The zero-order chi connectivity index (χ0) is 14.6.